The van der Waals surface area contributed by atoms with Gasteiger partial charge in [-0.2, -0.15) is 0 Å². The third kappa shape index (κ3) is 3.32. The highest BCUT2D eigenvalue weighted by Crippen LogP contribution is 2.42. The molecule has 1 fully saturated rings. The monoisotopic (exact) mass is 386 g/mol. The Bertz CT molecular complexity index is 925. The van der Waals surface area contributed by atoms with Gasteiger partial charge in [0.2, 0.25) is 9.84 Å². The van der Waals surface area contributed by atoms with Gasteiger partial charge in [-0.05, 0) is 74.0 Å². The Labute approximate surface area is 161 Å². The van der Waals surface area contributed by atoms with Crippen LogP contribution in [0.2, 0.25) is 0 Å². The molecule has 0 radical (unpaired) electrons. The predicted molar refractivity (Wildman–Crippen MR) is 106 cm³/mol. The summed E-state index contributed by atoms with van der Waals surface area (Å²) in [5, 5.41) is 3.62. The molecule has 0 bridgehead atoms. The molecule has 0 amide bonds. The van der Waals surface area contributed by atoms with Gasteiger partial charge in [-0.1, -0.05) is 6.92 Å². The van der Waals surface area contributed by atoms with Gasteiger partial charge >= 0.3 is 0 Å². The summed E-state index contributed by atoms with van der Waals surface area (Å²) >= 11 is 0. The molecule has 1 N–H and O–H groups in total. The van der Waals surface area contributed by atoms with Crippen molar-refractivity contribution < 1.29 is 13.2 Å². The summed E-state index contributed by atoms with van der Waals surface area (Å²) in [6.45, 7) is 5.42. The molecule has 2 atom stereocenters. The molecular formula is C21H26N2O3S. The summed E-state index contributed by atoms with van der Waals surface area (Å²) in [6, 6.07) is 12.5. The standard InChI is InChI=1S/C21H26N2O3S/c1-3-23-12-10-18-19-14-17(8-9-20(19)22-21(18)11-13-23)27(24,25)16-6-4-15(26-2)5-7-16/h4-9,14,18,21-22H,3,10-13H2,1-2H3/t18-,21+/m1/s1. The zero-order valence-electron chi connectivity index (χ0n) is 15.8. The number of nitrogens with zero attached hydrogens (tertiary/aromatic N) is 1. The van der Waals surface area contributed by atoms with E-state index in [0.29, 0.717) is 27.5 Å². The van der Waals surface area contributed by atoms with Crippen LogP contribution >= 0.6 is 0 Å². The van der Waals surface area contributed by atoms with E-state index in [4.69, 9.17) is 4.74 Å². The number of sulfone groups is 1. The van der Waals surface area contributed by atoms with Crippen LogP contribution in [0.5, 0.6) is 5.75 Å². The highest BCUT2D eigenvalue weighted by Gasteiger charge is 2.35. The fraction of sp³-hybridized carbons (Fsp3) is 0.429. The SMILES string of the molecule is CCN1CC[C@@H]2Nc3ccc(S(=O)(=O)c4ccc(OC)cc4)cc3[C@H]2CC1. The number of hydrogen-bond donors (Lipinski definition) is 1. The van der Waals surface area contributed by atoms with Crippen molar-refractivity contribution in [1.82, 2.24) is 4.90 Å². The van der Waals surface area contributed by atoms with Crippen LogP contribution in [0.3, 0.4) is 0 Å². The molecule has 2 aromatic carbocycles. The summed E-state index contributed by atoms with van der Waals surface area (Å²) in [4.78, 5) is 3.13. The summed E-state index contributed by atoms with van der Waals surface area (Å²) in [7, 11) is -1.97. The first-order valence-electron chi connectivity index (χ1n) is 9.55. The molecular weight excluding hydrogens is 360 g/mol. The number of nitrogens with one attached hydrogen (secondary N) is 1. The summed E-state index contributed by atoms with van der Waals surface area (Å²) in [5.74, 6) is 1.02. The van der Waals surface area contributed by atoms with E-state index in [1.54, 1.807) is 37.4 Å². The zero-order valence-corrected chi connectivity index (χ0v) is 16.6. The second-order valence-corrected chi connectivity index (χ2v) is 9.25. The quantitative estimate of drug-likeness (QED) is 0.871. The zero-order chi connectivity index (χ0) is 19.0. The minimum atomic E-state index is -3.54. The van der Waals surface area contributed by atoms with E-state index in [2.05, 4.69) is 17.1 Å². The molecule has 5 nitrogen and oxygen atoms in total. The van der Waals surface area contributed by atoms with E-state index in [9.17, 15) is 8.42 Å². The lowest BCUT2D eigenvalue weighted by atomic mass is 9.91. The molecule has 1 saturated heterocycles. The van der Waals surface area contributed by atoms with Gasteiger partial charge < -0.3 is 15.0 Å². The Balaban J connectivity index is 1.66. The third-order valence-corrected chi connectivity index (χ3v) is 7.66. The molecule has 0 unspecified atom stereocenters. The van der Waals surface area contributed by atoms with Crippen molar-refractivity contribution in [3.8, 4) is 5.75 Å². The van der Waals surface area contributed by atoms with Crippen LogP contribution in [0.1, 0.15) is 31.2 Å². The number of benzene rings is 2. The number of rotatable bonds is 4. The van der Waals surface area contributed by atoms with Crippen LogP contribution in [-0.2, 0) is 9.84 Å². The average molecular weight is 387 g/mol. The van der Waals surface area contributed by atoms with Crippen LogP contribution < -0.4 is 10.1 Å². The van der Waals surface area contributed by atoms with Gasteiger partial charge in [0.05, 0.1) is 16.9 Å². The van der Waals surface area contributed by atoms with Gasteiger partial charge in [0.1, 0.15) is 5.75 Å². The maximum atomic E-state index is 13.1. The van der Waals surface area contributed by atoms with Crippen molar-refractivity contribution in [2.45, 2.75) is 41.5 Å². The molecule has 0 saturated carbocycles. The van der Waals surface area contributed by atoms with Crippen LogP contribution in [0.15, 0.2) is 52.3 Å². The first-order chi connectivity index (χ1) is 13.0. The Morgan fingerprint density at radius 2 is 1.78 bits per heavy atom. The van der Waals surface area contributed by atoms with E-state index < -0.39 is 9.84 Å². The molecule has 2 heterocycles. The number of methoxy groups -OCH3 is 1. The highest BCUT2D eigenvalue weighted by atomic mass is 32.2. The second kappa shape index (κ2) is 7.17. The topological polar surface area (TPSA) is 58.6 Å². The van der Waals surface area contributed by atoms with E-state index in [-0.39, 0.29) is 0 Å². The lowest BCUT2D eigenvalue weighted by Gasteiger charge is -2.17. The third-order valence-electron chi connectivity index (χ3n) is 5.89. The first-order valence-corrected chi connectivity index (χ1v) is 11.0. The van der Waals surface area contributed by atoms with Gasteiger partial charge in [0, 0.05) is 24.2 Å². The Hall–Kier alpha value is -2.05. The van der Waals surface area contributed by atoms with Crippen molar-refractivity contribution in [1.29, 1.82) is 0 Å². The van der Waals surface area contributed by atoms with Crippen LogP contribution in [-0.4, -0.2) is 46.1 Å². The Morgan fingerprint density at radius 1 is 1.07 bits per heavy atom. The van der Waals surface area contributed by atoms with Crippen molar-refractivity contribution >= 4 is 15.5 Å². The minimum Gasteiger partial charge on any atom is -0.497 e. The molecule has 27 heavy (non-hydrogen) atoms. The van der Waals surface area contributed by atoms with Crippen LogP contribution in [0, 0.1) is 0 Å². The highest BCUT2D eigenvalue weighted by molar-refractivity contribution is 7.91. The van der Waals surface area contributed by atoms with Crippen molar-refractivity contribution in [3.63, 3.8) is 0 Å². The number of ether oxygens (including phenoxy) is 1. The number of likely N-dealkylation sites (tertiary alicyclic amines) is 1. The van der Waals surface area contributed by atoms with E-state index in [1.165, 1.54) is 0 Å². The summed E-state index contributed by atoms with van der Waals surface area (Å²) in [5.41, 5.74) is 2.23. The normalized spacial score (nSPS) is 22.4. The number of fused-ring (bicyclic) bond motifs is 3. The van der Waals surface area contributed by atoms with Crippen LogP contribution in [0.25, 0.3) is 0 Å². The maximum absolute atomic E-state index is 13.1. The van der Waals surface area contributed by atoms with Gasteiger partial charge in [-0.15, -0.1) is 0 Å². The van der Waals surface area contributed by atoms with Crippen molar-refractivity contribution in [2.24, 2.45) is 0 Å². The molecule has 2 aromatic rings. The van der Waals surface area contributed by atoms with Crippen molar-refractivity contribution in [2.75, 3.05) is 32.1 Å². The number of hydrogen-bond acceptors (Lipinski definition) is 5. The lowest BCUT2D eigenvalue weighted by Crippen LogP contribution is -2.25. The molecule has 2 aliphatic heterocycles. The second-order valence-electron chi connectivity index (χ2n) is 7.30. The van der Waals surface area contributed by atoms with Gasteiger partial charge in [0.25, 0.3) is 0 Å². The molecule has 4 rings (SSSR count). The largest absolute Gasteiger partial charge is 0.497 e. The lowest BCUT2D eigenvalue weighted by molar-refractivity contribution is 0.298. The summed E-state index contributed by atoms with van der Waals surface area (Å²) < 4.78 is 31.3. The fourth-order valence-electron chi connectivity index (χ4n) is 4.26. The van der Waals surface area contributed by atoms with E-state index in [0.717, 1.165) is 43.7 Å². The van der Waals surface area contributed by atoms with E-state index >= 15 is 0 Å². The number of anilines is 1. The van der Waals surface area contributed by atoms with Gasteiger partial charge in [-0.3, -0.25) is 0 Å². The summed E-state index contributed by atoms with van der Waals surface area (Å²) in [6.07, 6.45) is 2.15. The predicted octanol–water partition coefficient (Wildman–Crippen LogP) is 3.52. The molecule has 144 valence electrons. The Kier molecular flexibility index (Phi) is 4.86. The fourth-order valence-corrected chi connectivity index (χ4v) is 5.55. The smallest absolute Gasteiger partial charge is 0.206 e. The first kappa shape index (κ1) is 18.3. The van der Waals surface area contributed by atoms with Gasteiger partial charge in [0.15, 0.2) is 0 Å². The van der Waals surface area contributed by atoms with Gasteiger partial charge in [-0.25, -0.2) is 8.42 Å². The average Bonchev–Trinajstić information content (AvgIpc) is 2.91. The molecule has 2 aliphatic rings. The van der Waals surface area contributed by atoms with Crippen molar-refractivity contribution in [3.05, 3.63) is 48.0 Å². The maximum Gasteiger partial charge on any atom is 0.206 e. The van der Waals surface area contributed by atoms with E-state index in [1.807, 2.05) is 12.1 Å². The molecule has 0 spiro atoms. The Morgan fingerprint density at radius 3 is 2.48 bits per heavy atom. The molecule has 0 aromatic heterocycles. The van der Waals surface area contributed by atoms with Crippen LogP contribution in [0.4, 0.5) is 5.69 Å². The minimum absolute atomic E-state index is 0.295. The molecule has 0 aliphatic carbocycles. The molecule has 6 heteroatoms.